The summed E-state index contributed by atoms with van der Waals surface area (Å²) in [7, 11) is 0. The van der Waals surface area contributed by atoms with Gasteiger partial charge in [-0.2, -0.15) is 0 Å². The molecule has 1 atom stereocenters. The van der Waals surface area contributed by atoms with Crippen molar-refractivity contribution in [2.24, 2.45) is 0 Å². The molecule has 1 amide bonds. The monoisotopic (exact) mass is 342 g/mol. The zero-order chi connectivity index (χ0) is 17.4. The van der Waals surface area contributed by atoms with Crippen LogP contribution in [0, 0.1) is 13.8 Å². The van der Waals surface area contributed by atoms with Gasteiger partial charge in [0.05, 0.1) is 24.0 Å². The molecule has 2 N–H and O–H groups in total. The van der Waals surface area contributed by atoms with E-state index in [9.17, 15) is 4.79 Å². The highest BCUT2D eigenvalue weighted by Gasteiger charge is 2.27. The Morgan fingerprint density at radius 3 is 3.00 bits per heavy atom. The lowest BCUT2D eigenvalue weighted by atomic mass is 10.0. The summed E-state index contributed by atoms with van der Waals surface area (Å²) < 4.78 is 11.3. The summed E-state index contributed by atoms with van der Waals surface area (Å²) in [6.45, 7) is 7.31. The van der Waals surface area contributed by atoms with Crippen molar-refractivity contribution in [2.45, 2.75) is 19.9 Å². The largest absolute Gasteiger partial charge is 0.490 e. The molecule has 0 bridgehead atoms. The Labute approximate surface area is 146 Å². The number of fused-ring (bicyclic) bond motifs is 2. The molecule has 0 unspecified atom stereocenters. The molecule has 0 aliphatic carbocycles. The fourth-order valence-electron chi connectivity index (χ4n) is 3.54. The zero-order valence-corrected chi connectivity index (χ0v) is 14.5. The second kappa shape index (κ2) is 6.50. The summed E-state index contributed by atoms with van der Waals surface area (Å²) in [6.07, 6.45) is 0. The van der Waals surface area contributed by atoms with Crippen molar-refractivity contribution < 1.29 is 14.1 Å². The molecule has 0 radical (unpaired) electrons. The van der Waals surface area contributed by atoms with Gasteiger partial charge in [0.15, 0.2) is 0 Å². The van der Waals surface area contributed by atoms with E-state index in [1.807, 2.05) is 32.0 Å². The molecule has 2 aliphatic heterocycles. The normalized spacial score (nSPS) is 21.2. The fourth-order valence-corrected chi connectivity index (χ4v) is 3.54. The molecule has 1 fully saturated rings. The molecular weight excluding hydrogens is 320 g/mol. The molecule has 0 saturated carbocycles. The minimum Gasteiger partial charge on any atom is -0.490 e. The number of nitrogens with zero attached hydrogens (tertiary/aromatic N) is 2. The molecule has 1 aromatic heterocycles. The maximum atomic E-state index is 12.5. The van der Waals surface area contributed by atoms with Crippen LogP contribution in [-0.2, 0) is 4.79 Å². The van der Waals surface area contributed by atoms with Gasteiger partial charge >= 0.3 is 0 Å². The molecule has 132 valence electrons. The molecule has 2 aromatic rings. The predicted octanol–water partition coefficient (Wildman–Crippen LogP) is 1.56. The van der Waals surface area contributed by atoms with E-state index in [1.165, 1.54) is 0 Å². The van der Waals surface area contributed by atoms with Crippen LogP contribution in [0.25, 0.3) is 11.1 Å². The Hall–Kier alpha value is -2.38. The average molecular weight is 342 g/mol. The average Bonchev–Trinajstić information content (AvgIpc) is 2.95. The van der Waals surface area contributed by atoms with E-state index < -0.39 is 0 Å². The van der Waals surface area contributed by atoms with E-state index >= 15 is 0 Å². The topological polar surface area (TPSA) is 79.6 Å². The van der Waals surface area contributed by atoms with Crippen LogP contribution in [0.15, 0.2) is 22.7 Å². The van der Waals surface area contributed by atoms with E-state index in [0.717, 1.165) is 42.2 Å². The number of piperazine rings is 1. The molecule has 25 heavy (non-hydrogen) atoms. The number of amides is 1. The Morgan fingerprint density at radius 1 is 1.32 bits per heavy atom. The molecule has 1 aromatic carbocycles. The van der Waals surface area contributed by atoms with E-state index in [2.05, 4.69) is 20.7 Å². The molecule has 7 heteroatoms. The summed E-state index contributed by atoms with van der Waals surface area (Å²) >= 11 is 0. The van der Waals surface area contributed by atoms with Crippen LogP contribution < -0.4 is 15.4 Å². The number of hydrogen-bond donors (Lipinski definition) is 2. The van der Waals surface area contributed by atoms with Crippen molar-refractivity contribution in [3.8, 4) is 16.9 Å². The van der Waals surface area contributed by atoms with Crippen molar-refractivity contribution in [2.75, 3.05) is 38.1 Å². The molecule has 1 saturated heterocycles. The Bertz CT molecular complexity index is 782. The number of anilines is 1. The fraction of sp³-hybridized carbons (Fsp3) is 0.444. The first-order valence-electron chi connectivity index (χ1n) is 8.56. The van der Waals surface area contributed by atoms with Gasteiger partial charge < -0.3 is 19.9 Å². The van der Waals surface area contributed by atoms with Crippen LogP contribution in [0.3, 0.4) is 0 Å². The van der Waals surface area contributed by atoms with Gasteiger partial charge in [0, 0.05) is 25.2 Å². The van der Waals surface area contributed by atoms with Crippen molar-refractivity contribution in [1.82, 2.24) is 15.4 Å². The standard InChI is InChI=1S/C18H22N4O3/c1-11-18(12(2)25-21-11)13-3-4-16-15(7-13)20-17(23)9-22-6-5-19-8-14(22)10-24-16/h3-4,7,14,19H,5-6,8-10H2,1-2H3,(H,20,23)/t14-/m1/s1. The van der Waals surface area contributed by atoms with Gasteiger partial charge in [-0.1, -0.05) is 11.2 Å². The maximum absolute atomic E-state index is 12.5. The first-order chi connectivity index (χ1) is 12.1. The van der Waals surface area contributed by atoms with Gasteiger partial charge in [0.2, 0.25) is 5.91 Å². The second-order valence-corrected chi connectivity index (χ2v) is 6.60. The Morgan fingerprint density at radius 2 is 2.20 bits per heavy atom. The number of aryl methyl sites for hydroxylation is 2. The lowest BCUT2D eigenvalue weighted by molar-refractivity contribution is -0.118. The highest BCUT2D eigenvalue weighted by atomic mass is 16.5. The summed E-state index contributed by atoms with van der Waals surface area (Å²) in [5.41, 5.74) is 3.43. The van der Waals surface area contributed by atoms with Crippen molar-refractivity contribution >= 4 is 11.6 Å². The first kappa shape index (κ1) is 16.1. The molecule has 0 spiro atoms. The Balaban J connectivity index is 1.68. The quantitative estimate of drug-likeness (QED) is 0.819. The van der Waals surface area contributed by atoms with Crippen LogP contribution in [0.2, 0.25) is 0 Å². The smallest absolute Gasteiger partial charge is 0.238 e. The van der Waals surface area contributed by atoms with Gasteiger partial charge in [-0.25, -0.2) is 0 Å². The summed E-state index contributed by atoms with van der Waals surface area (Å²) in [4.78, 5) is 14.7. The van der Waals surface area contributed by atoms with Gasteiger partial charge in [-0.15, -0.1) is 0 Å². The lowest BCUT2D eigenvalue weighted by Gasteiger charge is -2.34. The second-order valence-electron chi connectivity index (χ2n) is 6.60. The van der Waals surface area contributed by atoms with Gasteiger partial charge in [-0.3, -0.25) is 9.69 Å². The Kier molecular flexibility index (Phi) is 4.19. The molecule has 7 nitrogen and oxygen atoms in total. The molecule has 3 heterocycles. The lowest BCUT2D eigenvalue weighted by Crippen LogP contribution is -2.55. The predicted molar refractivity (Wildman–Crippen MR) is 93.8 cm³/mol. The molecule has 4 rings (SSSR count). The summed E-state index contributed by atoms with van der Waals surface area (Å²) in [5, 5.41) is 10.4. The van der Waals surface area contributed by atoms with Crippen LogP contribution >= 0.6 is 0 Å². The van der Waals surface area contributed by atoms with E-state index in [-0.39, 0.29) is 11.9 Å². The van der Waals surface area contributed by atoms with Gasteiger partial charge in [-0.05, 0) is 31.5 Å². The van der Waals surface area contributed by atoms with E-state index in [4.69, 9.17) is 9.26 Å². The maximum Gasteiger partial charge on any atom is 0.238 e. The minimum atomic E-state index is -0.0189. The number of ether oxygens (including phenoxy) is 1. The number of benzene rings is 1. The van der Waals surface area contributed by atoms with Crippen LogP contribution in [0.1, 0.15) is 11.5 Å². The first-order valence-corrected chi connectivity index (χ1v) is 8.56. The van der Waals surface area contributed by atoms with Gasteiger partial charge in [0.1, 0.15) is 18.1 Å². The zero-order valence-electron chi connectivity index (χ0n) is 14.5. The number of hydrogen-bond acceptors (Lipinski definition) is 6. The molecular formula is C18H22N4O3. The summed E-state index contributed by atoms with van der Waals surface area (Å²) in [5.74, 6) is 1.43. The van der Waals surface area contributed by atoms with Crippen LogP contribution in [0.5, 0.6) is 5.75 Å². The van der Waals surface area contributed by atoms with Gasteiger partial charge in [0.25, 0.3) is 0 Å². The number of carbonyl (C=O) groups is 1. The highest BCUT2D eigenvalue weighted by molar-refractivity contribution is 5.94. The van der Waals surface area contributed by atoms with Crippen molar-refractivity contribution in [3.63, 3.8) is 0 Å². The third-order valence-corrected chi connectivity index (χ3v) is 4.83. The van der Waals surface area contributed by atoms with Crippen molar-refractivity contribution in [3.05, 3.63) is 29.7 Å². The number of carbonyl (C=O) groups excluding carboxylic acids is 1. The number of rotatable bonds is 1. The van der Waals surface area contributed by atoms with E-state index in [1.54, 1.807) is 0 Å². The number of nitrogens with one attached hydrogen (secondary N) is 2. The minimum absolute atomic E-state index is 0.0189. The van der Waals surface area contributed by atoms with E-state index in [0.29, 0.717) is 24.6 Å². The number of aromatic nitrogens is 1. The SMILES string of the molecule is Cc1noc(C)c1-c1ccc2c(c1)NC(=O)CN1CCNC[C@@H]1CO2. The van der Waals surface area contributed by atoms with Crippen LogP contribution in [-0.4, -0.2) is 54.8 Å². The highest BCUT2D eigenvalue weighted by Crippen LogP contribution is 2.34. The van der Waals surface area contributed by atoms with Crippen LogP contribution in [0.4, 0.5) is 5.69 Å². The van der Waals surface area contributed by atoms with Crippen molar-refractivity contribution in [1.29, 1.82) is 0 Å². The third kappa shape index (κ3) is 3.12. The summed E-state index contributed by atoms with van der Waals surface area (Å²) in [6, 6.07) is 6.02. The third-order valence-electron chi connectivity index (χ3n) is 4.83. The molecule has 2 aliphatic rings.